The van der Waals surface area contributed by atoms with Gasteiger partial charge in [-0.2, -0.15) is 11.3 Å². The quantitative estimate of drug-likeness (QED) is 0.680. The number of hydrogen-bond donors (Lipinski definition) is 1. The zero-order chi connectivity index (χ0) is 21.3. The number of ketones is 1. The number of allylic oxidation sites excluding steroid dienone is 3. The molecule has 1 aliphatic heterocycles. The van der Waals surface area contributed by atoms with Crippen LogP contribution in [0.25, 0.3) is 0 Å². The summed E-state index contributed by atoms with van der Waals surface area (Å²) in [6, 6.07) is 12.0. The molecule has 1 atom stereocenters. The number of hydrogen-bond acceptors (Lipinski definition) is 5. The summed E-state index contributed by atoms with van der Waals surface area (Å²) in [6.45, 7) is 6.44. The molecular formula is C25H27NO3S. The van der Waals surface area contributed by atoms with Crippen LogP contribution in [0.2, 0.25) is 0 Å². The standard InChI is InChI=1S/C25H27NO3S/c1-16-21(24(28)29-11-9-17-7-5-4-6-8-17)22(18-10-12-30-15-18)23-19(26-16)13-25(2,3)14-20(23)27/h4-8,10,12,15,22,26H,9,11,13-14H2,1-3H3/t22-/m0/s1. The topological polar surface area (TPSA) is 55.4 Å². The van der Waals surface area contributed by atoms with Crippen molar-refractivity contribution in [1.82, 2.24) is 5.32 Å². The Morgan fingerprint density at radius 2 is 1.97 bits per heavy atom. The molecule has 0 fully saturated rings. The first-order valence-corrected chi connectivity index (χ1v) is 11.3. The second kappa shape index (κ2) is 8.23. The molecule has 0 saturated carbocycles. The Labute approximate surface area is 181 Å². The molecule has 0 bridgehead atoms. The lowest BCUT2D eigenvalue weighted by molar-refractivity contribution is -0.139. The van der Waals surface area contributed by atoms with Gasteiger partial charge in [-0.05, 0) is 46.7 Å². The third-order valence-corrected chi connectivity index (χ3v) is 6.50. The van der Waals surface area contributed by atoms with Crippen LogP contribution in [0.1, 0.15) is 50.7 Å². The number of rotatable bonds is 5. The highest BCUT2D eigenvalue weighted by Gasteiger charge is 2.43. The van der Waals surface area contributed by atoms with Gasteiger partial charge >= 0.3 is 5.97 Å². The van der Waals surface area contributed by atoms with E-state index in [0.717, 1.165) is 34.5 Å². The van der Waals surface area contributed by atoms with Crippen molar-refractivity contribution in [3.8, 4) is 0 Å². The molecule has 30 heavy (non-hydrogen) atoms. The summed E-state index contributed by atoms with van der Waals surface area (Å²) in [5.74, 6) is -0.594. The lowest BCUT2D eigenvalue weighted by Crippen LogP contribution is -2.38. The van der Waals surface area contributed by atoms with Gasteiger partial charge in [0.05, 0.1) is 12.2 Å². The van der Waals surface area contributed by atoms with Crippen molar-refractivity contribution < 1.29 is 14.3 Å². The molecule has 0 amide bonds. The molecule has 2 aromatic rings. The van der Waals surface area contributed by atoms with Gasteiger partial charge in [0.1, 0.15) is 0 Å². The number of nitrogens with one attached hydrogen (secondary N) is 1. The number of thiophene rings is 1. The van der Waals surface area contributed by atoms with Gasteiger partial charge in [0.2, 0.25) is 0 Å². The molecule has 1 aliphatic carbocycles. The summed E-state index contributed by atoms with van der Waals surface area (Å²) in [7, 11) is 0. The maximum atomic E-state index is 13.2. The molecule has 0 spiro atoms. The van der Waals surface area contributed by atoms with Crippen molar-refractivity contribution in [3.05, 3.63) is 80.8 Å². The number of carbonyl (C=O) groups excluding carboxylic acids is 2. The first kappa shape index (κ1) is 20.6. The number of ether oxygens (including phenoxy) is 1. The second-order valence-electron chi connectivity index (χ2n) is 8.86. The van der Waals surface area contributed by atoms with Crippen LogP contribution in [0.15, 0.2) is 69.7 Å². The van der Waals surface area contributed by atoms with E-state index in [9.17, 15) is 9.59 Å². The van der Waals surface area contributed by atoms with E-state index in [1.807, 2.05) is 54.1 Å². The van der Waals surface area contributed by atoms with E-state index in [1.54, 1.807) is 11.3 Å². The number of benzene rings is 1. The molecule has 2 aliphatic rings. The highest BCUT2D eigenvalue weighted by molar-refractivity contribution is 7.08. The second-order valence-corrected chi connectivity index (χ2v) is 9.64. The zero-order valence-corrected chi connectivity index (χ0v) is 18.5. The van der Waals surface area contributed by atoms with Crippen molar-refractivity contribution in [2.75, 3.05) is 6.61 Å². The summed E-state index contributed by atoms with van der Waals surface area (Å²) in [5.41, 5.74) is 5.03. The average Bonchev–Trinajstić information content (AvgIpc) is 3.21. The van der Waals surface area contributed by atoms with Crippen LogP contribution in [0.3, 0.4) is 0 Å². The molecule has 1 aromatic heterocycles. The van der Waals surface area contributed by atoms with Crippen LogP contribution in [0, 0.1) is 5.41 Å². The van der Waals surface area contributed by atoms with Gasteiger partial charge in [-0.3, -0.25) is 4.79 Å². The SMILES string of the molecule is CC1=C(C(=O)OCCc2ccccc2)[C@H](c2ccsc2)C2=C(CC(C)(C)CC2=O)N1. The zero-order valence-electron chi connectivity index (χ0n) is 17.7. The van der Waals surface area contributed by atoms with Crippen molar-refractivity contribution in [1.29, 1.82) is 0 Å². The van der Waals surface area contributed by atoms with Crippen molar-refractivity contribution >= 4 is 23.1 Å². The predicted octanol–water partition coefficient (Wildman–Crippen LogP) is 5.14. The summed E-state index contributed by atoms with van der Waals surface area (Å²) >= 11 is 1.57. The molecule has 1 N–H and O–H groups in total. The van der Waals surface area contributed by atoms with Gasteiger partial charge in [0.15, 0.2) is 5.78 Å². The summed E-state index contributed by atoms with van der Waals surface area (Å²) in [6.07, 6.45) is 1.95. The molecule has 0 radical (unpaired) electrons. The lowest BCUT2D eigenvalue weighted by atomic mass is 9.69. The maximum absolute atomic E-state index is 13.2. The summed E-state index contributed by atoms with van der Waals surface area (Å²) in [4.78, 5) is 26.3. The minimum absolute atomic E-state index is 0.0872. The Kier molecular flexibility index (Phi) is 5.65. The van der Waals surface area contributed by atoms with Crippen molar-refractivity contribution in [3.63, 3.8) is 0 Å². The fourth-order valence-electron chi connectivity index (χ4n) is 4.46. The van der Waals surface area contributed by atoms with Gasteiger partial charge in [-0.25, -0.2) is 4.79 Å². The van der Waals surface area contributed by atoms with E-state index >= 15 is 0 Å². The van der Waals surface area contributed by atoms with Gasteiger partial charge < -0.3 is 10.1 Å². The lowest BCUT2D eigenvalue weighted by Gasteiger charge is -2.39. The number of carbonyl (C=O) groups is 2. The number of esters is 1. The maximum Gasteiger partial charge on any atom is 0.336 e. The molecule has 5 heteroatoms. The predicted molar refractivity (Wildman–Crippen MR) is 119 cm³/mol. The third kappa shape index (κ3) is 4.12. The largest absolute Gasteiger partial charge is 0.462 e. The van der Waals surface area contributed by atoms with E-state index in [4.69, 9.17) is 4.74 Å². The molecule has 156 valence electrons. The minimum atomic E-state index is -0.361. The van der Waals surface area contributed by atoms with E-state index in [-0.39, 0.29) is 23.1 Å². The van der Waals surface area contributed by atoms with Crippen LogP contribution < -0.4 is 5.32 Å². The molecule has 4 nitrogen and oxygen atoms in total. The minimum Gasteiger partial charge on any atom is -0.462 e. The van der Waals surface area contributed by atoms with Crippen LogP contribution in [-0.4, -0.2) is 18.4 Å². The first-order valence-electron chi connectivity index (χ1n) is 10.3. The summed E-state index contributed by atoms with van der Waals surface area (Å²) < 4.78 is 5.67. The number of Topliss-reactive ketones (excluding diaryl/α,β-unsaturated/α-hetero) is 1. The molecular weight excluding hydrogens is 394 g/mol. The summed E-state index contributed by atoms with van der Waals surface area (Å²) in [5, 5.41) is 7.39. The third-order valence-electron chi connectivity index (χ3n) is 5.80. The van der Waals surface area contributed by atoms with E-state index in [0.29, 0.717) is 25.0 Å². The van der Waals surface area contributed by atoms with Crippen LogP contribution in [0.4, 0.5) is 0 Å². The smallest absolute Gasteiger partial charge is 0.336 e. The molecule has 0 unspecified atom stereocenters. The van der Waals surface area contributed by atoms with Gasteiger partial charge in [-0.15, -0.1) is 0 Å². The van der Waals surface area contributed by atoms with Crippen molar-refractivity contribution in [2.24, 2.45) is 5.41 Å². The highest BCUT2D eigenvalue weighted by Crippen LogP contribution is 2.47. The Morgan fingerprint density at radius 1 is 1.20 bits per heavy atom. The Morgan fingerprint density at radius 3 is 2.67 bits per heavy atom. The molecule has 1 aromatic carbocycles. The Bertz CT molecular complexity index is 1020. The van der Waals surface area contributed by atoms with Gasteiger partial charge in [-0.1, -0.05) is 44.2 Å². The fraction of sp³-hybridized carbons (Fsp3) is 0.360. The first-order chi connectivity index (χ1) is 14.4. The Hall–Kier alpha value is -2.66. The highest BCUT2D eigenvalue weighted by atomic mass is 32.1. The average molecular weight is 422 g/mol. The normalized spacial score (nSPS) is 20.6. The van der Waals surface area contributed by atoms with Gasteiger partial charge in [0, 0.05) is 35.7 Å². The van der Waals surface area contributed by atoms with Crippen LogP contribution in [0.5, 0.6) is 0 Å². The molecule has 2 heterocycles. The molecule has 0 saturated heterocycles. The van der Waals surface area contributed by atoms with Crippen LogP contribution >= 0.6 is 11.3 Å². The Balaban J connectivity index is 1.61. The number of dihydropyridines is 1. The van der Waals surface area contributed by atoms with E-state index in [2.05, 4.69) is 19.2 Å². The van der Waals surface area contributed by atoms with E-state index < -0.39 is 0 Å². The van der Waals surface area contributed by atoms with E-state index in [1.165, 1.54) is 0 Å². The van der Waals surface area contributed by atoms with Crippen molar-refractivity contribution in [2.45, 2.75) is 46.0 Å². The monoisotopic (exact) mass is 421 g/mol. The fourth-order valence-corrected chi connectivity index (χ4v) is 5.15. The molecule has 4 rings (SSSR count). The van der Waals surface area contributed by atoms with Crippen LogP contribution in [-0.2, 0) is 20.7 Å². The van der Waals surface area contributed by atoms with Gasteiger partial charge in [0.25, 0.3) is 0 Å².